The molecule has 1 aliphatic carbocycles. The predicted molar refractivity (Wildman–Crippen MR) is 191 cm³/mol. The van der Waals surface area contributed by atoms with Crippen LogP contribution in [-0.2, 0) is 13.6 Å². The van der Waals surface area contributed by atoms with E-state index in [-0.39, 0.29) is 17.9 Å². The zero-order valence-corrected chi connectivity index (χ0v) is 28.1. The Morgan fingerprint density at radius 2 is 1.78 bits per heavy atom. The van der Waals surface area contributed by atoms with Crippen molar-refractivity contribution in [3.05, 3.63) is 109 Å². The number of hydrogen-bond acceptors (Lipinski definition) is 8. The second-order valence-electron chi connectivity index (χ2n) is 12.5. The van der Waals surface area contributed by atoms with E-state index in [1.807, 2.05) is 90.8 Å². The number of nitriles is 1. The molecule has 0 bridgehead atoms. The molecule has 0 radical (unpaired) electrons. The number of benzene rings is 1. The van der Waals surface area contributed by atoms with Crippen molar-refractivity contribution >= 4 is 29.2 Å². The second kappa shape index (κ2) is 14.5. The number of fused-ring (bicyclic) bond motifs is 1. The molecule has 1 saturated carbocycles. The maximum atomic E-state index is 13.9. The van der Waals surface area contributed by atoms with Gasteiger partial charge in [-0.1, -0.05) is 43.7 Å². The first-order chi connectivity index (χ1) is 24.5. The van der Waals surface area contributed by atoms with E-state index < -0.39 is 0 Å². The van der Waals surface area contributed by atoms with Gasteiger partial charge in [0.25, 0.3) is 5.82 Å². The summed E-state index contributed by atoms with van der Waals surface area (Å²) in [6.07, 6.45) is 16.4. The molecule has 1 aromatic carbocycles. The summed E-state index contributed by atoms with van der Waals surface area (Å²) in [5.74, 6) is 1.61. The Morgan fingerprint density at radius 1 is 0.940 bits per heavy atom. The molecule has 6 aromatic rings. The molecular weight excluding hydrogens is 626 g/mol. The largest absolute Gasteiger partial charge is 0.441 e. The van der Waals surface area contributed by atoms with Crippen LogP contribution in [0.3, 0.4) is 0 Å². The highest BCUT2D eigenvalue weighted by molar-refractivity contribution is 6.03. The highest BCUT2D eigenvalue weighted by atomic mass is 16.2. The minimum absolute atomic E-state index is 0.181. The Labute approximate surface area is 290 Å². The summed E-state index contributed by atoms with van der Waals surface area (Å²) >= 11 is 0. The average Bonchev–Trinajstić information content (AvgIpc) is 3.43. The molecule has 5 aromatic heterocycles. The van der Waals surface area contributed by atoms with Crippen LogP contribution in [0, 0.1) is 23.2 Å². The van der Waals surface area contributed by atoms with Crippen molar-refractivity contribution in [2.75, 3.05) is 11.9 Å². The van der Waals surface area contributed by atoms with E-state index >= 15 is 0 Å². The third-order valence-electron chi connectivity index (χ3n) is 9.05. The van der Waals surface area contributed by atoms with Gasteiger partial charge >= 0.3 is 6.03 Å². The summed E-state index contributed by atoms with van der Waals surface area (Å²) in [7, 11) is 1.88. The van der Waals surface area contributed by atoms with Crippen molar-refractivity contribution in [3.8, 4) is 28.5 Å². The van der Waals surface area contributed by atoms with Gasteiger partial charge in [0.15, 0.2) is 0 Å². The number of aryl methyl sites for hydroxylation is 1. The number of carbonyl (C=O) groups is 1. The van der Waals surface area contributed by atoms with Crippen LogP contribution in [-0.4, -0.2) is 57.0 Å². The molecule has 7 rings (SSSR count). The summed E-state index contributed by atoms with van der Waals surface area (Å²) in [4.78, 5) is 32.1. The molecule has 0 aliphatic heterocycles. The number of carbonyl (C=O) groups excluding carboxylic acids is 1. The predicted octanol–water partition coefficient (Wildman–Crippen LogP) is 6.39. The standard InChI is InChI=1S/C38H37N11O/c1-3-8-31-32(11-7-16-41-37-43-22-29(19-39)35(46-37)28-13-14-33-40-17-18-48(33)25-28)36(31)49(38(50)44-20-26-9-5-4-6-10-26)34-15-12-27(21-42-34)30-23-45-47(2)24-30/h4-6,9-10,12-15,17-18,21-25,31-32H,3,7-8,11,16,20H2,1-2H3,(H-,41,43,44,46,50)/p+1/b49-36-/t31-,32?/m1/s1. The smallest absolute Gasteiger partial charge is 0.354 e. The summed E-state index contributed by atoms with van der Waals surface area (Å²) in [5.41, 5.74) is 6.65. The summed E-state index contributed by atoms with van der Waals surface area (Å²) in [5, 5.41) is 20.5. The molecular formula is C38H38N11O+. The summed E-state index contributed by atoms with van der Waals surface area (Å²) < 4.78 is 5.45. The zero-order chi connectivity index (χ0) is 34.5. The van der Waals surface area contributed by atoms with E-state index in [4.69, 9.17) is 9.97 Å². The van der Waals surface area contributed by atoms with Gasteiger partial charge in [0.1, 0.15) is 17.9 Å². The number of nitrogens with zero attached hydrogens (tertiary/aromatic N) is 9. The lowest BCUT2D eigenvalue weighted by Gasteiger charge is -2.09. The third kappa shape index (κ3) is 6.98. The molecule has 12 heteroatoms. The van der Waals surface area contributed by atoms with Gasteiger partial charge in [-0.2, -0.15) is 14.9 Å². The van der Waals surface area contributed by atoms with Gasteiger partial charge in [-0.25, -0.2) is 19.7 Å². The molecule has 250 valence electrons. The van der Waals surface area contributed by atoms with Crippen LogP contribution >= 0.6 is 0 Å². The Hall–Kier alpha value is -6.22. The number of hydrogen-bond donors (Lipinski definition) is 2. The Bertz CT molecular complexity index is 2200. The van der Waals surface area contributed by atoms with Gasteiger partial charge in [-0.15, -0.1) is 4.98 Å². The lowest BCUT2D eigenvalue weighted by molar-refractivity contribution is -0.337. The number of anilines is 1. The number of nitrogens with one attached hydrogen (secondary N) is 2. The average molecular weight is 665 g/mol. The van der Waals surface area contributed by atoms with Crippen LogP contribution in [0.25, 0.3) is 28.0 Å². The minimum Gasteiger partial charge on any atom is -0.354 e. The molecule has 12 nitrogen and oxygen atoms in total. The van der Waals surface area contributed by atoms with E-state index in [1.54, 1.807) is 27.8 Å². The SMILES string of the molecule is CCC[C@H]1/C(=[N+](/C(=O)NCc2ccccc2)c2ccc(-c3cnn(C)c3)cn2)C1CCCNc1ncc(C#N)c(-c2ccc3nccn3c2)n1. The number of aromatic nitrogens is 7. The quantitative estimate of drug-likeness (QED) is 0.113. The molecule has 50 heavy (non-hydrogen) atoms. The topological polar surface area (TPSA) is 142 Å². The van der Waals surface area contributed by atoms with Crippen molar-refractivity contribution in [2.24, 2.45) is 18.9 Å². The van der Waals surface area contributed by atoms with E-state index in [0.29, 0.717) is 36.1 Å². The fourth-order valence-electron chi connectivity index (χ4n) is 6.52. The first-order valence-electron chi connectivity index (χ1n) is 16.9. The Morgan fingerprint density at radius 3 is 2.54 bits per heavy atom. The van der Waals surface area contributed by atoms with Crippen LogP contribution in [0.5, 0.6) is 0 Å². The molecule has 0 spiro atoms. The van der Waals surface area contributed by atoms with Gasteiger partial charge in [0.2, 0.25) is 5.95 Å². The van der Waals surface area contributed by atoms with E-state index in [1.165, 1.54) is 0 Å². The van der Waals surface area contributed by atoms with Gasteiger partial charge in [-0.05, 0) is 43.0 Å². The lowest BCUT2D eigenvalue weighted by Crippen LogP contribution is -2.32. The molecule has 2 amide bonds. The zero-order valence-electron chi connectivity index (χ0n) is 28.1. The Balaban J connectivity index is 1.08. The molecule has 0 saturated heterocycles. The number of rotatable bonds is 12. The maximum Gasteiger partial charge on any atom is 0.441 e. The van der Waals surface area contributed by atoms with E-state index in [0.717, 1.165) is 59.3 Å². The normalized spacial score (nSPS) is 16.2. The highest BCUT2D eigenvalue weighted by Crippen LogP contribution is 2.43. The fraction of sp³-hybridized carbons (Fsp3) is 0.263. The molecule has 2 N–H and O–H groups in total. The van der Waals surface area contributed by atoms with E-state index in [9.17, 15) is 10.1 Å². The van der Waals surface area contributed by atoms with Crippen LogP contribution in [0.15, 0.2) is 98.0 Å². The highest BCUT2D eigenvalue weighted by Gasteiger charge is 2.50. The number of urea groups is 1. The first kappa shape index (κ1) is 32.3. The fourth-order valence-corrected chi connectivity index (χ4v) is 6.52. The lowest BCUT2D eigenvalue weighted by atomic mass is 10.1. The van der Waals surface area contributed by atoms with Gasteiger partial charge < -0.3 is 9.72 Å². The Kier molecular flexibility index (Phi) is 9.37. The van der Waals surface area contributed by atoms with Gasteiger partial charge in [-0.3, -0.25) is 10.00 Å². The van der Waals surface area contributed by atoms with Crippen molar-refractivity contribution in [1.82, 2.24) is 39.4 Å². The molecule has 1 unspecified atom stereocenters. The van der Waals surface area contributed by atoms with Gasteiger partial charge in [0.05, 0.1) is 35.9 Å². The summed E-state index contributed by atoms with van der Waals surface area (Å²) in [6.45, 7) is 3.25. The van der Waals surface area contributed by atoms with Crippen LogP contribution in [0.4, 0.5) is 16.6 Å². The number of pyridine rings is 2. The molecule has 1 fully saturated rings. The van der Waals surface area contributed by atoms with Crippen LogP contribution in [0.2, 0.25) is 0 Å². The van der Waals surface area contributed by atoms with Crippen LogP contribution < -0.4 is 10.6 Å². The maximum absolute atomic E-state index is 13.9. The van der Waals surface area contributed by atoms with Crippen molar-refractivity contribution in [2.45, 2.75) is 39.2 Å². The van der Waals surface area contributed by atoms with Crippen molar-refractivity contribution in [1.29, 1.82) is 5.26 Å². The molecule has 5 heterocycles. The van der Waals surface area contributed by atoms with Crippen LogP contribution in [0.1, 0.15) is 43.7 Å². The summed E-state index contributed by atoms with van der Waals surface area (Å²) in [6, 6.07) is 19.7. The van der Waals surface area contributed by atoms with Crippen molar-refractivity contribution < 1.29 is 9.37 Å². The number of imidazole rings is 1. The number of amides is 2. The van der Waals surface area contributed by atoms with Crippen molar-refractivity contribution in [3.63, 3.8) is 0 Å². The third-order valence-corrected chi connectivity index (χ3v) is 9.05. The monoisotopic (exact) mass is 664 g/mol. The molecule has 1 aliphatic rings. The molecule has 2 atom stereocenters. The first-order valence-corrected chi connectivity index (χ1v) is 16.9. The second-order valence-corrected chi connectivity index (χ2v) is 12.5. The minimum atomic E-state index is -0.181. The van der Waals surface area contributed by atoms with E-state index in [2.05, 4.69) is 38.7 Å². The van der Waals surface area contributed by atoms with Gasteiger partial charge in [0, 0.05) is 73.0 Å².